The van der Waals surface area contributed by atoms with Crippen molar-refractivity contribution in [1.82, 2.24) is 4.31 Å². The van der Waals surface area contributed by atoms with Crippen LogP contribution in [0.5, 0.6) is 5.75 Å². The van der Waals surface area contributed by atoms with Crippen LogP contribution in [0.2, 0.25) is 0 Å². The number of hydrogen-bond acceptors (Lipinski definition) is 6. The van der Waals surface area contributed by atoms with Crippen LogP contribution in [0.4, 0.5) is 0 Å². The van der Waals surface area contributed by atoms with Gasteiger partial charge in [0, 0.05) is 13.1 Å². The molecule has 1 heterocycles. The molecular weight excluding hydrogens is 370 g/mol. The first-order chi connectivity index (χ1) is 13.0. The van der Waals surface area contributed by atoms with Gasteiger partial charge in [0.15, 0.2) is 0 Å². The maximum Gasteiger partial charge on any atom is 0.338 e. The van der Waals surface area contributed by atoms with Gasteiger partial charge in [0.25, 0.3) is 0 Å². The maximum atomic E-state index is 12.7. The third-order valence-electron chi connectivity index (χ3n) is 4.18. The molecular formula is C19H21NO6S. The highest BCUT2D eigenvalue weighted by atomic mass is 32.2. The molecule has 0 saturated carbocycles. The molecule has 0 unspecified atom stereocenters. The van der Waals surface area contributed by atoms with Crippen molar-refractivity contribution in [3.8, 4) is 5.75 Å². The predicted molar refractivity (Wildman–Crippen MR) is 98.1 cm³/mol. The Balaban J connectivity index is 1.71. The number of rotatable bonds is 6. The highest BCUT2D eigenvalue weighted by Crippen LogP contribution is 2.19. The Bertz CT molecular complexity index is 906. The standard InChI is InChI=1S/C19H21NO6S/c1-24-17-6-2-4-15(12-17)14-26-19(21)16-5-3-7-18(13-16)27(22,23)20-8-10-25-11-9-20/h2-7,12-13H,8-11,14H2,1H3. The second-order valence-corrected chi connectivity index (χ2v) is 7.91. The van der Waals surface area contributed by atoms with E-state index in [4.69, 9.17) is 14.2 Å². The molecule has 0 radical (unpaired) electrons. The van der Waals surface area contributed by atoms with E-state index in [1.807, 2.05) is 6.07 Å². The lowest BCUT2D eigenvalue weighted by Crippen LogP contribution is -2.40. The van der Waals surface area contributed by atoms with Crippen molar-refractivity contribution < 1.29 is 27.4 Å². The minimum absolute atomic E-state index is 0.0659. The Morgan fingerprint density at radius 1 is 1.11 bits per heavy atom. The highest BCUT2D eigenvalue weighted by molar-refractivity contribution is 7.89. The van der Waals surface area contributed by atoms with Crippen molar-refractivity contribution >= 4 is 16.0 Å². The molecule has 8 heteroatoms. The normalized spacial score (nSPS) is 15.3. The number of sulfonamides is 1. The largest absolute Gasteiger partial charge is 0.497 e. The zero-order valence-electron chi connectivity index (χ0n) is 15.0. The van der Waals surface area contributed by atoms with Gasteiger partial charge in [-0.1, -0.05) is 18.2 Å². The molecule has 144 valence electrons. The van der Waals surface area contributed by atoms with E-state index in [0.717, 1.165) is 5.56 Å². The van der Waals surface area contributed by atoms with Crippen LogP contribution in [-0.2, 0) is 26.1 Å². The molecule has 0 atom stereocenters. The third kappa shape index (κ3) is 4.65. The van der Waals surface area contributed by atoms with E-state index in [9.17, 15) is 13.2 Å². The fourth-order valence-electron chi connectivity index (χ4n) is 2.71. The van der Waals surface area contributed by atoms with Gasteiger partial charge in [-0.15, -0.1) is 0 Å². The average molecular weight is 391 g/mol. The van der Waals surface area contributed by atoms with Crippen LogP contribution in [0, 0.1) is 0 Å². The Kier molecular flexibility index (Phi) is 6.10. The lowest BCUT2D eigenvalue weighted by Gasteiger charge is -2.26. The molecule has 0 amide bonds. The summed E-state index contributed by atoms with van der Waals surface area (Å²) in [6.07, 6.45) is 0. The fraction of sp³-hybridized carbons (Fsp3) is 0.316. The van der Waals surface area contributed by atoms with E-state index < -0.39 is 16.0 Å². The number of morpholine rings is 1. The van der Waals surface area contributed by atoms with Gasteiger partial charge < -0.3 is 14.2 Å². The summed E-state index contributed by atoms with van der Waals surface area (Å²) in [6, 6.07) is 13.1. The van der Waals surface area contributed by atoms with Crippen molar-refractivity contribution in [2.75, 3.05) is 33.4 Å². The van der Waals surface area contributed by atoms with Gasteiger partial charge in [0.2, 0.25) is 10.0 Å². The van der Waals surface area contributed by atoms with Gasteiger partial charge in [-0.2, -0.15) is 4.31 Å². The number of hydrogen-bond donors (Lipinski definition) is 0. The molecule has 0 N–H and O–H groups in total. The summed E-state index contributed by atoms with van der Waals surface area (Å²) in [5.74, 6) is 0.0824. The Morgan fingerprint density at radius 2 is 1.85 bits per heavy atom. The van der Waals surface area contributed by atoms with Gasteiger partial charge in [-0.25, -0.2) is 13.2 Å². The molecule has 0 aliphatic carbocycles. The lowest BCUT2D eigenvalue weighted by atomic mass is 10.2. The number of methoxy groups -OCH3 is 1. The van der Waals surface area contributed by atoms with Crippen LogP contribution < -0.4 is 4.74 Å². The minimum atomic E-state index is -3.67. The van der Waals surface area contributed by atoms with Gasteiger partial charge in [-0.05, 0) is 35.9 Å². The SMILES string of the molecule is COc1cccc(COC(=O)c2cccc(S(=O)(=O)N3CCOCC3)c2)c1. The second kappa shape index (κ2) is 8.51. The van der Waals surface area contributed by atoms with Crippen molar-refractivity contribution in [3.63, 3.8) is 0 Å². The molecule has 0 spiro atoms. The predicted octanol–water partition coefficient (Wildman–Crippen LogP) is 2.07. The monoisotopic (exact) mass is 391 g/mol. The van der Waals surface area contributed by atoms with Gasteiger partial charge in [0.05, 0.1) is 30.8 Å². The first kappa shape index (κ1) is 19.3. The molecule has 1 fully saturated rings. The summed E-state index contributed by atoms with van der Waals surface area (Å²) in [7, 11) is -2.10. The van der Waals surface area contributed by atoms with Crippen LogP contribution in [0.1, 0.15) is 15.9 Å². The number of carbonyl (C=O) groups is 1. The summed E-state index contributed by atoms with van der Waals surface area (Å²) >= 11 is 0. The second-order valence-electron chi connectivity index (χ2n) is 5.97. The summed E-state index contributed by atoms with van der Waals surface area (Å²) < 4.78 is 42.4. The number of ether oxygens (including phenoxy) is 3. The first-order valence-electron chi connectivity index (χ1n) is 8.49. The summed E-state index contributed by atoms with van der Waals surface area (Å²) in [5.41, 5.74) is 0.965. The smallest absolute Gasteiger partial charge is 0.338 e. The van der Waals surface area contributed by atoms with E-state index in [0.29, 0.717) is 32.1 Å². The van der Waals surface area contributed by atoms with Crippen molar-refractivity contribution in [2.45, 2.75) is 11.5 Å². The Labute approximate surface area is 158 Å². The minimum Gasteiger partial charge on any atom is -0.497 e. The van der Waals surface area contributed by atoms with Crippen molar-refractivity contribution in [3.05, 3.63) is 59.7 Å². The molecule has 1 aliphatic heterocycles. The zero-order valence-corrected chi connectivity index (χ0v) is 15.8. The van der Waals surface area contributed by atoms with Crippen LogP contribution in [0.3, 0.4) is 0 Å². The molecule has 1 saturated heterocycles. The average Bonchev–Trinajstić information content (AvgIpc) is 2.73. The summed E-state index contributed by atoms with van der Waals surface area (Å²) in [5, 5.41) is 0. The van der Waals surface area contributed by atoms with E-state index in [2.05, 4.69) is 0 Å². The summed E-state index contributed by atoms with van der Waals surface area (Å²) in [4.78, 5) is 12.4. The molecule has 2 aromatic carbocycles. The van der Waals surface area contributed by atoms with Crippen LogP contribution in [-0.4, -0.2) is 52.1 Å². The number of benzene rings is 2. The Morgan fingerprint density at radius 3 is 2.59 bits per heavy atom. The third-order valence-corrected chi connectivity index (χ3v) is 6.08. The molecule has 3 rings (SSSR count). The fourth-order valence-corrected chi connectivity index (χ4v) is 4.17. The quantitative estimate of drug-likeness (QED) is 0.701. The molecule has 0 aromatic heterocycles. The van der Waals surface area contributed by atoms with E-state index >= 15 is 0 Å². The molecule has 27 heavy (non-hydrogen) atoms. The maximum absolute atomic E-state index is 12.7. The van der Waals surface area contributed by atoms with Crippen LogP contribution >= 0.6 is 0 Å². The molecule has 7 nitrogen and oxygen atoms in total. The molecule has 1 aliphatic rings. The lowest BCUT2D eigenvalue weighted by molar-refractivity contribution is 0.0472. The molecule has 2 aromatic rings. The number of esters is 1. The number of carbonyl (C=O) groups excluding carboxylic acids is 1. The topological polar surface area (TPSA) is 82.1 Å². The Hall–Kier alpha value is -2.42. The van der Waals surface area contributed by atoms with Gasteiger partial charge in [-0.3, -0.25) is 0 Å². The van der Waals surface area contributed by atoms with Gasteiger partial charge >= 0.3 is 5.97 Å². The van der Waals surface area contributed by atoms with Crippen molar-refractivity contribution in [1.29, 1.82) is 0 Å². The van der Waals surface area contributed by atoms with Crippen LogP contribution in [0.15, 0.2) is 53.4 Å². The van der Waals surface area contributed by atoms with Crippen molar-refractivity contribution in [2.24, 2.45) is 0 Å². The first-order valence-corrected chi connectivity index (χ1v) is 9.93. The number of nitrogens with zero attached hydrogens (tertiary/aromatic N) is 1. The molecule has 0 bridgehead atoms. The van der Waals surface area contributed by atoms with Crippen LogP contribution in [0.25, 0.3) is 0 Å². The van der Waals surface area contributed by atoms with E-state index in [1.54, 1.807) is 25.3 Å². The zero-order chi connectivity index (χ0) is 19.3. The van der Waals surface area contributed by atoms with Gasteiger partial charge in [0.1, 0.15) is 12.4 Å². The highest BCUT2D eigenvalue weighted by Gasteiger charge is 2.27. The van der Waals surface area contributed by atoms with E-state index in [-0.39, 0.29) is 17.1 Å². The summed E-state index contributed by atoms with van der Waals surface area (Å²) in [6.45, 7) is 1.39. The van der Waals surface area contributed by atoms with E-state index in [1.165, 1.54) is 28.6 Å².